The number of esters is 1. The van der Waals surface area contributed by atoms with Crippen molar-refractivity contribution in [1.29, 1.82) is 0 Å². The maximum absolute atomic E-state index is 11.5. The van der Waals surface area contributed by atoms with Crippen LogP contribution in [0, 0.1) is 0 Å². The summed E-state index contributed by atoms with van der Waals surface area (Å²) in [7, 11) is 1.30. The lowest BCUT2D eigenvalue weighted by Gasteiger charge is -2.22. The predicted molar refractivity (Wildman–Crippen MR) is 79.3 cm³/mol. The van der Waals surface area contributed by atoms with E-state index in [1.165, 1.54) is 18.9 Å². The Balaban J connectivity index is 4.30. The van der Waals surface area contributed by atoms with Gasteiger partial charge in [0.05, 0.1) is 12.4 Å². The lowest BCUT2D eigenvalue weighted by atomic mass is 10.2. The molecule has 0 fully saturated rings. The highest BCUT2D eigenvalue weighted by molar-refractivity contribution is 8.00. The van der Waals surface area contributed by atoms with Gasteiger partial charge in [-0.1, -0.05) is 0 Å². The fourth-order valence-corrected chi connectivity index (χ4v) is 2.26. The Kier molecular flexibility index (Phi) is 8.16. The molecule has 0 rings (SSSR count). The summed E-state index contributed by atoms with van der Waals surface area (Å²) >= 11 is 1.27. The van der Waals surface area contributed by atoms with E-state index in [2.05, 4.69) is 10.1 Å². The van der Waals surface area contributed by atoms with E-state index in [1.807, 2.05) is 0 Å². The quantitative estimate of drug-likeness (QED) is 0.687. The van der Waals surface area contributed by atoms with Crippen LogP contribution in [0.3, 0.4) is 0 Å². The average Bonchev–Trinajstić information content (AvgIpc) is 2.33. The fraction of sp³-hybridized carbons (Fsp3) is 0.769. The van der Waals surface area contributed by atoms with E-state index < -0.39 is 23.7 Å². The zero-order valence-corrected chi connectivity index (χ0v) is 13.8. The first kappa shape index (κ1) is 19.6. The highest BCUT2D eigenvalue weighted by atomic mass is 32.2. The van der Waals surface area contributed by atoms with Gasteiger partial charge in [-0.2, -0.15) is 0 Å². The van der Waals surface area contributed by atoms with Crippen molar-refractivity contribution in [2.75, 3.05) is 12.9 Å². The molecule has 7 nitrogen and oxygen atoms in total. The van der Waals surface area contributed by atoms with Crippen molar-refractivity contribution >= 4 is 29.8 Å². The first-order chi connectivity index (χ1) is 9.56. The zero-order valence-electron chi connectivity index (χ0n) is 13.0. The van der Waals surface area contributed by atoms with Crippen molar-refractivity contribution in [1.82, 2.24) is 5.32 Å². The molecule has 0 saturated carbocycles. The molecule has 0 aliphatic carbocycles. The van der Waals surface area contributed by atoms with Gasteiger partial charge in [0.2, 0.25) is 0 Å². The van der Waals surface area contributed by atoms with Crippen LogP contribution >= 0.6 is 11.8 Å². The Morgan fingerprint density at radius 2 is 1.86 bits per heavy atom. The zero-order chi connectivity index (χ0) is 16.6. The number of carbonyl (C=O) groups is 3. The summed E-state index contributed by atoms with van der Waals surface area (Å²) in [5.74, 6) is -1.12. The molecule has 0 aromatic heterocycles. The van der Waals surface area contributed by atoms with Crippen LogP contribution < -0.4 is 5.32 Å². The van der Waals surface area contributed by atoms with E-state index in [0.29, 0.717) is 5.75 Å². The van der Waals surface area contributed by atoms with E-state index in [-0.39, 0.29) is 17.6 Å². The van der Waals surface area contributed by atoms with Gasteiger partial charge in [-0.3, -0.25) is 4.79 Å². The molecule has 2 N–H and O–H groups in total. The summed E-state index contributed by atoms with van der Waals surface area (Å²) in [5.41, 5.74) is -0.693. The number of thioether (sulfide) groups is 1. The highest BCUT2D eigenvalue weighted by Gasteiger charge is 2.24. The molecule has 0 aliphatic rings. The highest BCUT2D eigenvalue weighted by Crippen LogP contribution is 2.14. The molecule has 0 aromatic carbocycles. The molecule has 0 heterocycles. The van der Waals surface area contributed by atoms with Crippen LogP contribution in [0.1, 0.15) is 34.1 Å². The van der Waals surface area contributed by atoms with Crippen LogP contribution in [0.25, 0.3) is 0 Å². The molecule has 21 heavy (non-hydrogen) atoms. The molecule has 0 aliphatic heterocycles. The molecule has 0 aromatic rings. The van der Waals surface area contributed by atoms with Crippen molar-refractivity contribution in [3.63, 3.8) is 0 Å². The number of methoxy groups -OCH3 is 1. The van der Waals surface area contributed by atoms with Crippen LogP contribution in [0.4, 0.5) is 4.79 Å². The normalized spacial score (nSPS) is 14.0. The van der Waals surface area contributed by atoms with Gasteiger partial charge in [-0.05, 0) is 39.9 Å². The molecule has 8 heteroatoms. The molecular formula is C13H23NO6S. The van der Waals surface area contributed by atoms with Crippen LogP contribution in [-0.4, -0.2) is 52.9 Å². The van der Waals surface area contributed by atoms with Crippen LogP contribution in [0.2, 0.25) is 0 Å². The number of amides is 1. The molecule has 2 unspecified atom stereocenters. The van der Waals surface area contributed by atoms with Crippen LogP contribution in [-0.2, 0) is 19.1 Å². The first-order valence-electron chi connectivity index (χ1n) is 6.48. The number of hydrogen-bond donors (Lipinski definition) is 2. The van der Waals surface area contributed by atoms with E-state index in [1.54, 1.807) is 27.7 Å². The summed E-state index contributed by atoms with van der Waals surface area (Å²) in [6.07, 6.45) is -0.596. The predicted octanol–water partition coefficient (Wildman–Crippen LogP) is 1.65. The Morgan fingerprint density at radius 1 is 1.29 bits per heavy atom. The summed E-state index contributed by atoms with van der Waals surface area (Å²) in [5, 5.41) is 11.0. The minimum absolute atomic E-state index is 0.181. The number of rotatable bonds is 7. The summed E-state index contributed by atoms with van der Waals surface area (Å²) in [6.45, 7) is 6.75. The molecule has 0 spiro atoms. The van der Waals surface area contributed by atoms with E-state index >= 15 is 0 Å². The molecule has 0 bridgehead atoms. The van der Waals surface area contributed by atoms with Crippen molar-refractivity contribution < 1.29 is 29.0 Å². The van der Waals surface area contributed by atoms with Gasteiger partial charge in [0.1, 0.15) is 11.6 Å². The number of alkyl carbamates (subject to hydrolysis) is 1. The molecule has 0 saturated heterocycles. The number of carbonyl (C=O) groups excluding carboxylic acids is 2. The SMILES string of the molecule is COC(=O)C(C)SCCC(NC(=O)OC(C)(C)C)C(=O)O. The van der Waals surface area contributed by atoms with Crippen molar-refractivity contribution in [3.8, 4) is 0 Å². The minimum atomic E-state index is -1.15. The third-order valence-electron chi connectivity index (χ3n) is 2.30. The van der Waals surface area contributed by atoms with Crippen molar-refractivity contribution in [3.05, 3.63) is 0 Å². The Bertz CT molecular complexity index is 379. The smallest absolute Gasteiger partial charge is 0.408 e. The Labute approximate surface area is 128 Å². The molecular weight excluding hydrogens is 298 g/mol. The number of nitrogens with one attached hydrogen (secondary N) is 1. The number of carboxylic acid groups (broad SMARTS) is 1. The Hall–Kier alpha value is -1.44. The number of aliphatic carboxylic acids is 1. The lowest BCUT2D eigenvalue weighted by molar-refractivity contribution is -0.140. The van der Waals surface area contributed by atoms with Gasteiger partial charge in [0, 0.05) is 0 Å². The number of hydrogen-bond acceptors (Lipinski definition) is 6. The fourth-order valence-electron chi connectivity index (χ4n) is 1.30. The second kappa shape index (κ2) is 8.76. The van der Waals surface area contributed by atoms with Gasteiger partial charge >= 0.3 is 18.0 Å². The summed E-state index contributed by atoms with van der Waals surface area (Å²) in [4.78, 5) is 33.8. The summed E-state index contributed by atoms with van der Waals surface area (Å²) < 4.78 is 9.58. The number of carboxylic acids is 1. The summed E-state index contributed by atoms with van der Waals surface area (Å²) in [6, 6.07) is -1.06. The van der Waals surface area contributed by atoms with Gasteiger partial charge < -0.3 is 19.9 Å². The van der Waals surface area contributed by atoms with Gasteiger partial charge in [0.15, 0.2) is 0 Å². The van der Waals surface area contributed by atoms with E-state index in [0.717, 1.165) is 0 Å². The maximum Gasteiger partial charge on any atom is 0.408 e. The maximum atomic E-state index is 11.5. The van der Waals surface area contributed by atoms with Crippen LogP contribution in [0.5, 0.6) is 0 Å². The monoisotopic (exact) mass is 321 g/mol. The topological polar surface area (TPSA) is 102 Å². The van der Waals surface area contributed by atoms with Crippen molar-refractivity contribution in [2.24, 2.45) is 0 Å². The second-order valence-corrected chi connectivity index (χ2v) is 6.81. The van der Waals surface area contributed by atoms with Gasteiger partial charge in [0.25, 0.3) is 0 Å². The molecule has 1 amide bonds. The van der Waals surface area contributed by atoms with E-state index in [4.69, 9.17) is 9.84 Å². The van der Waals surface area contributed by atoms with E-state index in [9.17, 15) is 14.4 Å². The second-order valence-electron chi connectivity index (χ2n) is 5.36. The molecule has 2 atom stereocenters. The third kappa shape index (κ3) is 9.17. The largest absolute Gasteiger partial charge is 0.480 e. The number of ether oxygens (including phenoxy) is 2. The average molecular weight is 321 g/mol. The third-order valence-corrected chi connectivity index (χ3v) is 3.46. The molecule has 0 radical (unpaired) electrons. The lowest BCUT2D eigenvalue weighted by Crippen LogP contribution is -2.43. The van der Waals surface area contributed by atoms with Gasteiger partial charge in [-0.15, -0.1) is 11.8 Å². The van der Waals surface area contributed by atoms with Gasteiger partial charge in [-0.25, -0.2) is 9.59 Å². The minimum Gasteiger partial charge on any atom is -0.480 e. The Morgan fingerprint density at radius 3 is 2.29 bits per heavy atom. The van der Waals surface area contributed by atoms with Crippen LogP contribution in [0.15, 0.2) is 0 Å². The molecule has 122 valence electrons. The standard InChI is InChI=1S/C13H23NO6S/c1-8(11(17)19-5)21-7-6-9(10(15)16)14-12(18)20-13(2,3)4/h8-9H,6-7H2,1-5H3,(H,14,18)(H,15,16). The first-order valence-corrected chi connectivity index (χ1v) is 7.53. The van der Waals surface area contributed by atoms with Crippen molar-refractivity contribution in [2.45, 2.75) is 51.0 Å².